The van der Waals surface area contributed by atoms with E-state index in [1.807, 2.05) is 13.0 Å². The highest BCUT2D eigenvalue weighted by atomic mass is 16.4. The minimum atomic E-state index is -0.972. The van der Waals surface area contributed by atoms with Crippen LogP contribution >= 0.6 is 0 Å². The third kappa shape index (κ3) is 5.19. The Morgan fingerprint density at radius 3 is 2.57 bits per heavy atom. The average Bonchev–Trinajstić information content (AvgIpc) is 2.48. The Kier molecular flexibility index (Phi) is 6.82. The first kappa shape index (κ1) is 16.6. The van der Waals surface area contributed by atoms with Crippen molar-refractivity contribution in [3.05, 3.63) is 35.9 Å². The SMILES string of the molecule is C#CCN(CCC)C(=O)NCC(C(=O)O)c1ccccc1. The zero-order chi connectivity index (χ0) is 15.7. The lowest BCUT2D eigenvalue weighted by molar-refractivity contribution is -0.138. The van der Waals surface area contributed by atoms with E-state index in [1.54, 1.807) is 24.3 Å². The van der Waals surface area contributed by atoms with E-state index in [4.69, 9.17) is 6.42 Å². The molecule has 0 bridgehead atoms. The molecule has 1 aromatic rings. The van der Waals surface area contributed by atoms with Crippen molar-refractivity contribution in [1.82, 2.24) is 10.2 Å². The van der Waals surface area contributed by atoms with Gasteiger partial charge < -0.3 is 15.3 Å². The van der Waals surface area contributed by atoms with Crippen LogP contribution in [0.4, 0.5) is 4.79 Å². The fraction of sp³-hybridized carbons (Fsp3) is 0.375. The van der Waals surface area contributed by atoms with Gasteiger partial charge in [-0.3, -0.25) is 4.79 Å². The lowest BCUT2D eigenvalue weighted by Gasteiger charge is -2.21. The van der Waals surface area contributed by atoms with E-state index in [0.717, 1.165) is 6.42 Å². The molecule has 2 amide bonds. The van der Waals surface area contributed by atoms with Gasteiger partial charge in [0.05, 0.1) is 12.5 Å². The smallest absolute Gasteiger partial charge is 0.318 e. The Bertz CT molecular complexity index is 508. The Morgan fingerprint density at radius 1 is 1.38 bits per heavy atom. The molecule has 0 fully saturated rings. The van der Waals surface area contributed by atoms with Crippen molar-refractivity contribution >= 4 is 12.0 Å². The topological polar surface area (TPSA) is 69.6 Å². The summed E-state index contributed by atoms with van der Waals surface area (Å²) < 4.78 is 0. The molecule has 0 radical (unpaired) electrons. The van der Waals surface area contributed by atoms with Gasteiger partial charge in [0.1, 0.15) is 0 Å². The third-order valence-electron chi connectivity index (χ3n) is 3.02. The number of hydrogen-bond acceptors (Lipinski definition) is 2. The number of rotatable bonds is 7. The van der Waals surface area contributed by atoms with Gasteiger partial charge in [-0.25, -0.2) is 4.79 Å². The number of nitrogens with one attached hydrogen (secondary N) is 1. The second kappa shape index (κ2) is 8.64. The lowest BCUT2D eigenvalue weighted by Crippen LogP contribution is -2.43. The van der Waals surface area contributed by atoms with Gasteiger partial charge in [-0.2, -0.15) is 0 Å². The van der Waals surface area contributed by atoms with Gasteiger partial charge in [0, 0.05) is 13.1 Å². The average molecular weight is 288 g/mol. The van der Waals surface area contributed by atoms with Crippen molar-refractivity contribution in [2.45, 2.75) is 19.3 Å². The summed E-state index contributed by atoms with van der Waals surface area (Å²) in [5, 5.41) is 11.9. The quantitative estimate of drug-likeness (QED) is 0.753. The molecule has 0 aliphatic rings. The van der Waals surface area contributed by atoms with E-state index in [9.17, 15) is 14.7 Å². The number of carboxylic acid groups (broad SMARTS) is 1. The van der Waals surface area contributed by atoms with Crippen LogP contribution in [0.25, 0.3) is 0 Å². The number of carbonyl (C=O) groups is 2. The normalized spacial score (nSPS) is 11.2. The minimum Gasteiger partial charge on any atom is -0.481 e. The number of carboxylic acids is 1. The van der Waals surface area contributed by atoms with Gasteiger partial charge in [-0.15, -0.1) is 6.42 Å². The molecule has 0 spiro atoms. The first-order valence-electron chi connectivity index (χ1n) is 6.84. The zero-order valence-electron chi connectivity index (χ0n) is 12.1. The number of aliphatic carboxylic acids is 1. The molecular formula is C16H20N2O3. The maximum Gasteiger partial charge on any atom is 0.318 e. The highest BCUT2D eigenvalue weighted by molar-refractivity contribution is 5.79. The van der Waals surface area contributed by atoms with Crippen LogP contribution in [0.3, 0.4) is 0 Å². The summed E-state index contributed by atoms with van der Waals surface area (Å²) in [7, 11) is 0. The molecule has 0 heterocycles. The number of amides is 2. The van der Waals surface area contributed by atoms with Gasteiger partial charge >= 0.3 is 12.0 Å². The number of carbonyl (C=O) groups excluding carboxylic acids is 1. The van der Waals surface area contributed by atoms with E-state index in [1.165, 1.54) is 4.90 Å². The first-order valence-corrected chi connectivity index (χ1v) is 6.84. The second-order valence-electron chi connectivity index (χ2n) is 4.61. The summed E-state index contributed by atoms with van der Waals surface area (Å²) in [6.45, 7) is 2.73. The molecule has 0 saturated heterocycles. The Hall–Kier alpha value is -2.48. The molecule has 5 heteroatoms. The summed E-state index contributed by atoms with van der Waals surface area (Å²) in [5.41, 5.74) is 0.657. The molecule has 0 saturated carbocycles. The first-order chi connectivity index (χ1) is 10.1. The monoisotopic (exact) mass is 288 g/mol. The molecule has 21 heavy (non-hydrogen) atoms. The summed E-state index contributed by atoms with van der Waals surface area (Å²) in [6.07, 6.45) is 6.01. The predicted octanol–water partition coefficient (Wildman–Crippen LogP) is 1.91. The van der Waals surface area contributed by atoms with Gasteiger partial charge in [-0.1, -0.05) is 43.2 Å². The maximum absolute atomic E-state index is 12.0. The van der Waals surface area contributed by atoms with Gasteiger partial charge in [0.25, 0.3) is 0 Å². The van der Waals surface area contributed by atoms with Crippen molar-refractivity contribution < 1.29 is 14.7 Å². The van der Waals surface area contributed by atoms with Crippen LogP contribution in [0.1, 0.15) is 24.8 Å². The van der Waals surface area contributed by atoms with Crippen molar-refractivity contribution in [3.8, 4) is 12.3 Å². The number of benzene rings is 1. The highest BCUT2D eigenvalue weighted by Crippen LogP contribution is 2.14. The van der Waals surface area contributed by atoms with Crippen molar-refractivity contribution in [2.75, 3.05) is 19.6 Å². The Morgan fingerprint density at radius 2 is 2.05 bits per heavy atom. The van der Waals surface area contributed by atoms with E-state index >= 15 is 0 Å². The predicted molar refractivity (Wildman–Crippen MR) is 80.9 cm³/mol. The highest BCUT2D eigenvalue weighted by Gasteiger charge is 2.21. The fourth-order valence-electron chi connectivity index (χ4n) is 1.97. The lowest BCUT2D eigenvalue weighted by atomic mass is 9.99. The van der Waals surface area contributed by atoms with Crippen LogP contribution in [0.2, 0.25) is 0 Å². The molecule has 5 nitrogen and oxygen atoms in total. The van der Waals surface area contributed by atoms with E-state index < -0.39 is 11.9 Å². The number of hydrogen-bond donors (Lipinski definition) is 2. The van der Waals surface area contributed by atoms with Crippen LogP contribution in [0.5, 0.6) is 0 Å². The molecule has 1 atom stereocenters. The van der Waals surface area contributed by atoms with Gasteiger partial charge in [0.15, 0.2) is 0 Å². The Balaban J connectivity index is 2.67. The van der Waals surface area contributed by atoms with Crippen LogP contribution in [-0.4, -0.2) is 41.6 Å². The van der Waals surface area contributed by atoms with Crippen LogP contribution in [0, 0.1) is 12.3 Å². The number of terminal acetylenes is 1. The van der Waals surface area contributed by atoms with E-state index in [0.29, 0.717) is 12.1 Å². The van der Waals surface area contributed by atoms with Crippen molar-refractivity contribution in [3.63, 3.8) is 0 Å². The molecule has 1 rings (SSSR count). The standard InChI is InChI=1S/C16H20N2O3/c1-3-10-18(11-4-2)16(21)17-12-14(15(19)20)13-8-6-5-7-9-13/h1,5-9,14H,4,10-12H2,2H3,(H,17,21)(H,19,20). The fourth-order valence-corrected chi connectivity index (χ4v) is 1.97. The molecular weight excluding hydrogens is 268 g/mol. The van der Waals surface area contributed by atoms with Crippen LogP contribution in [-0.2, 0) is 4.79 Å². The molecule has 2 N–H and O–H groups in total. The molecule has 0 aromatic heterocycles. The zero-order valence-corrected chi connectivity index (χ0v) is 12.1. The largest absolute Gasteiger partial charge is 0.481 e. The maximum atomic E-state index is 12.0. The molecule has 112 valence electrons. The van der Waals surface area contributed by atoms with Crippen LogP contribution < -0.4 is 5.32 Å². The summed E-state index contributed by atoms with van der Waals surface area (Å²) in [5.74, 6) is 0.679. The van der Waals surface area contributed by atoms with E-state index in [-0.39, 0.29) is 19.1 Å². The van der Waals surface area contributed by atoms with Crippen molar-refractivity contribution in [1.29, 1.82) is 0 Å². The minimum absolute atomic E-state index is 0.0307. The second-order valence-corrected chi connectivity index (χ2v) is 4.61. The van der Waals surface area contributed by atoms with E-state index in [2.05, 4.69) is 11.2 Å². The third-order valence-corrected chi connectivity index (χ3v) is 3.02. The molecule has 1 aromatic carbocycles. The molecule has 1 unspecified atom stereocenters. The number of urea groups is 1. The Labute approximate surface area is 125 Å². The molecule has 0 aliphatic heterocycles. The van der Waals surface area contributed by atoms with Crippen molar-refractivity contribution in [2.24, 2.45) is 0 Å². The number of nitrogens with zero attached hydrogens (tertiary/aromatic N) is 1. The molecule has 0 aliphatic carbocycles. The summed E-state index contributed by atoms with van der Waals surface area (Å²) in [6, 6.07) is 8.49. The summed E-state index contributed by atoms with van der Waals surface area (Å²) in [4.78, 5) is 24.8. The van der Waals surface area contributed by atoms with Gasteiger partial charge in [0.2, 0.25) is 0 Å². The van der Waals surface area contributed by atoms with Crippen LogP contribution in [0.15, 0.2) is 30.3 Å². The summed E-state index contributed by atoms with van der Waals surface area (Å²) >= 11 is 0. The van der Waals surface area contributed by atoms with Gasteiger partial charge in [-0.05, 0) is 12.0 Å².